The van der Waals surface area contributed by atoms with E-state index in [4.69, 9.17) is 10.00 Å². The van der Waals surface area contributed by atoms with Gasteiger partial charge in [0.2, 0.25) is 10.0 Å². The molecule has 0 N–H and O–H groups in total. The zero-order chi connectivity index (χ0) is 18.6. The summed E-state index contributed by atoms with van der Waals surface area (Å²) in [4.78, 5) is 2.46. The van der Waals surface area contributed by atoms with Gasteiger partial charge in [-0.25, -0.2) is 8.42 Å². The molecule has 0 spiro atoms. The number of methoxy groups -OCH3 is 1. The molecule has 3 rings (SSSR count). The Labute approximate surface area is 154 Å². The summed E-state index contributed by atoms with van der Waals surface area (Å²) in [7, 11) is -1.87. The van der Waals surface area contributed by atoms with Crippen LogP contribution in [0.4, 0.5) is 0 Å². The summed E-state index contributed by atoms with van der Waals surface area (Å²) in [5, 5.41) is 8.84. The lowest BCUT2D eigenvalue weighted by Crippen LogP contribution is -2.48. The number of nitriles is 1. The minimum atomic E-state index is -3.52. The molecule has 136 valence electrons. The molecular formula is C19H21N3O3S. The lowest BCUT2D eigenvalue weighted by Gasteiger charge is -2.34. The number of hydrogen-bond acceptors (Lipinski definition) is 5. The Balaban J connectivity index is 1.65. The zero-order valence-corrected chi connectivity index (χ0v) is 15.4. The van der Waals surface area contributed by atoms with Crippen molar-refractivity contribution in [1.29, 1.82) is 5.26 Å². The first kappa shape index (κ1) is 18.4. The second kappa shape index (κ2) is 7.87. The van der Waals surface area contributed by atoms with E-state index in [1.165, 1.54) is 28.6 Å². The first-order chi connectivity index (χ1) is 12.5. The largest absolute Gasteiger partial charge is 0.496 e. The molecule has 0 unspecified atom stereocenters. The highest BCUT2D eigenvalue weighted by Crippen LogP contribution is 2.22. The molecular weight excluding hydrogens is 350 g/mol. The zero-order valence-electron chi connectivity index (χ0n) is 14.6. The van der Waals surface area contributed by atoms with E-state index in [0.29, 0.717) is 31.7 Å². The third kappa shape index (κ3) is 3.88. The van der Waals surface area contributed by atoms with Crippen molar-refractivity contribution < 1.29 is 13.2 Å². The molecule has 0 saturated carbocycles. The lowest BCUT2D eigenvalue weighted by atomic mass is 10.2. The first-order valence-electron chi connectivity index (χ1n) is 8.39. The summed E-state index contributed by atoms with van der Waals surface area (Å²) in [5.41, 5.74) is 1.55. The molecule has 0 amide bonds. The molecule has 7 heteroatoms. The van der Waals surface area contributed by atoms with Gasteiger partial charge in [-0.3, -0.25) is 4.90 Å². The fraction of sp³-hybridized carbons (Fsp3) is 0.316. The molecule has 2 aromatic rings. The SMILES string of the molecule is COc1ccccc1CN1CCN(S(=O)(=O)c2ccc(C#N)cc2)CC1. The van der Waals surface area contributed by atoms with Gasteiger partial charge in [0.05, 0.1) is 23.6 Å². The van der Waals surface area contributed by atoms with Gasteiger partial charge in [0.1, 0.15) is 5.75 Å². The molecule has 0 radical (unpaired) electrons. The van der Waals surface area contributed by atoms with Crippen molar-refractivity contribution in [2.24, 2.45) is 0 Å². The van der Waals surface area contributed by atoms with E-state index >= 15 is 0 Å². The molecule has 1 heterocycles. The van der Waals surface area contributed by atoms with E-state index in [2.05, 4.69) is 4.90 Å². The molecule has 1 aliphatic heterocycles. The smallest absolute Gasteiger partial charge is 0.243 e. The quantitative estimate of drug-likeness (QED) is 0.804. The van der Waals surface area contributed by atoms with Crippen molar-refractivity contribution >= 4 is 10.0 Å². The van der Waals surface area contributed by atoms with Gasteiger partial charge in [0.25, 0.3) is 0 Å². The van der Waals surface area contributed by atoms with Crippen LogP contribution >= 0.6 is 0 Å². The number of benzene rings is 2. The molecule has 1 fully saturated rings. The summed E-state index contributed by atoms with van der Waals surface area (Å²) in [6.45, 7) is 2.94. The van der Waals surface area contributed by atoms with Gasteiger partial charge < -0.3 is 4.74 Å². The number of para-hydroxylation sites is 1. The molecule has 2 aromatic carbocycles. The summed E-state index contributed by atoms with van der Waals surface area (Å²) in [5.74, 6) is 0.847. The Kier molecular flexibility index (Phi) is 5.57. The number of hydrogen-bond donors (Lipinski definition) is 0. The molecule has 26 heavy (non-hydrogen) atoms. The van der Waals surface area contributed by atoms with Crippen molar-refractivity contribution in [3.8, 4) is 11.8 Å². The second-order valence-electron chi connectivity index (χ2n) is 6.13. The van der Waals surface area contributed by atoms with Crippen LogP contribution in [-0.4, -0.2) is 50.9 Å². The van der Waals surface area contributed by atoms with Gasteiger partial charge in [0.15, 0.2) is 0 Å². The Morgan fingerprint density at radius 1 is 1.04 bits per heavy atom. The molecule has 1 saturated heterocycles. The monoisotopic (exact) mass is 371 g/mol. The van der Waals surface area contributed by atoms with Crippen molar-refractivity contribution in [3.63, 3.8) is 0 Å². The molecule has 0 atom stereocenters. The van der Waals surface area contributed by atoms with Crippen LogP contribution in [0.1, 0.15) is 11.1 Å². The fourth-order valence-electron chi connectivity index (χ4n) is 3.05. The predicted molar refractivity (Wildman–Crippen MR) is 98.2 cm³/mol. The Hall–Kier alpha value is -2.40. The number of nitrogens with zero attached hydrogens (tertiary/aromatic N) is 3. The van der Waals surface area contributed by atoms with Crippen molar-refractivity contribution in [1.82, 2.24) is 9.21 Å². The van der Waals surface area contributed by atoms with Crippen LogP contribution in [0.15, 0.2) is 53.4 Å². The molecule has 0 aromatic heterocycles. The third-order valence-electron chi connectivity index (χ3n) is 4.54. The molecule has 1 aliphatic rings. The Morgan fingerprint density at radius 3 is 2.31 bits per heavy atom. The number of rotatable bonds is 5. The maximum atomic E-state index is 12.8. The maximum Gasteiger partial charge on any atom is 0.243 e. The van der Waals surface area contributed by atoms with Crippen LogP contribution in [0, 0.1) is 11.3 Å². The number of piperazine rings is 1. The highest BCUT2D eigenvalue weighted by atomic mass is 32.2. The van der Waals surface area contributed by atoms with E-state index in [1.807, 2.05) is 30.3 Å². The van der Waals surface area contributed by atoms with Crippen molar-refractivity contribution in [3.05, 3.63) is 59.7 Å². The number of ether oxygens (including phenoxy) is 1. The van der Waals surface area contributed by atoms with Crippen LogP contribution in [0.3, 0.4) is 0 Å². The standard InChI is InChI=1S/C19H21N3O3S/c1-25-19-5-3-2-4-17(19)15-21-10-12-22(13-11-21)26(23,24)18-8-6-16(14-20)7-9-18/h2-9H,10-13,15H2,1H3. The second-order valence-corrected chi connectivity index (χ2v) is 8.07. The topological polar surface area (TPSA) is 73.6 Å². The highest BCUT2D eigenvalue weighted by molar-refractivity contribution is 7.89. The summed E-state index contributed by atoms with van der Waals surface area (Å²) < 4.78 is 32.4. The van der Waals surface area contributed by atoms with E-state index in [9.17, 15) is 8.42 Å². The van der Waals surface area contributed by atoms with Gasteiger partial charge in [0, 0.05) is 38.3 Å². The van der Waals surface area contributed by atoms with E-state index < -0.39 is 10.0 Å². The molecule has 0 bridgehead atoms. The average molecular weight is 371 g/mol. The normalized spacial score (nSPS) is 16.2. The first-order valence-corrected chi connectivity index (χ1v) is 9.83. The van der Waals surface area contributed by atoms with Crippen LogP contribution in [-0.2, 0) is 16.6 Å². The van der Waals surface area contributed by atoms with Gasteiger partial charge in [-0.2, -0.15) is 9.57 Å². The van der Waals surface area contributed by atoms with Gasteiger partial charge in [-0.15, -0.1) is 0 Å². The Bertz CT molecular complexity index is 896. The van der Waals surface area contributed by atoms with Crippen LogP contribution < -0.4 is 4.74 Å². The minimum Gasteiger partial charge on any atom is -0.496 e. The lowest BCUT2D eigenvalue weighted by molar-refractivity contribution is 0.180. The Morgan fingerprint density at radius 2 is 1.69 bits per heavy atom. The highest BCUT2D eigenvalue weighted by Gasteiger charge is 2.28. The van der Waals surface area contributed by atoms with Gasteiger partial charge in [-0.05, 0) is 30.3 Å². The van der Waals surface area contributed by atoms with E-state index in [1.54, 1.807) is 7.11 Å². The predicted octanol–water partition coefficient (Wildman–Crippen LogP) is 2.07. The third-order valence-corrected chi connectivity index (χ3v) is 6.45. The van der Waals surface area contributed by atoms with Crippen LogP contribution in [0.25, 0.3) is 0 Å². The number of sulfonamides is 1. The summed E-state index contributed by atoms with van der Waals surface area (Å²) >= 11 is 0. The summed E-state index contributed by atoms with van der Waals surface area (Å²) in [6.07, 6.45) is 0. The van der Waals surface area contributed by atoms with Gasteiger partial charge in [-0.1, -0.05) is 18.2 Å². The molecule has 0 aliphatic carbocycles. The molecule has 6 nitrogen and oxygen atoms in total. The van der Waals surface area contributed by atoms with Crippen LogP contribution in [0.5, 0.6) is 5.75 Å². The minimum absolute atomic E-state index is 0.231. The average Bonchev–Trinajstić information content (AvgIpc) is 2.69. The van der Waals surface area contributed by atoms with Crippen molar-refractivity contribution in [2.75, 3.05) is 33.3 Å². The van der Waals surface area contributed by atoms with Gasteiger partial charge >= 0.3 is 0 Å². The maximum absolute atomic E-state index is 12.8. The van der Waals surface area contributed by atoms with E-state index in [-0.39, 0.29) is 4.90 Å². The van der Waals surface area contributed by atoms with Crippen LogP contribution in [0.2, 0.25) is 0 Å². The van der Waals surface area contributed by atoms with E-state index in [0.717, 1.165) is 17.9 Å². The fourth-order valence-corrected chi connectivity index (χ4v) is 4.48. The summed E-state index contributed by atoms with van der Waals surface area (Å²) in [6, 6.07) is 15.9. The van der Waals surface area contributed by atoms with Crippen molar-refractivity contribution in [2.45, 2.75) is 11.4 Å².